The molecule has 0 aliphatic heterocycles. The molecule has 0 heterocycles. The highest BCUT2D eigenvalue weighted by Crippen LogP contribution is 2.15. The zero-order valence-electron chi connectivity index (χ0n) is 11.9. The smallest absolute Gasteiger partial charge is 0.246 e. The van der Waals surface area contributed by atoms with Gasteiger partial charge in [-0.3, -0.25) is 4.79 Å². The van der Waals surface area contributed by atoms with Gasteiger partial charge in [-0.2, -0.15) is 0 Å². The van der Waals surface area contributed by atoms with Gasteiger partial charge >= 0.3 is 0 Å². The van der Waals surface area contributed by atoms with Crippen molar-refractivity contribution < 1.29 is 14.6 Å². The highest BCUT2D eigenvalue weighted by molar-refractivity contribution is 6.31. The number of hydrogen-bond donors (Lipinski definition) is 2. The number of ether oxygens (including phenoxy) is 1. The van der Waals surface area contributed by atoms with E-state index in [1.165, 1.54) is 0 Å². The van der Waals surface area contributed by atoms with Crippen molar-refractivity contribution in [1.82, 2.24) is 5.32 Å². The molecule has 20 heavy (non-hydrogen) atoms. The quantitative estimate of drug-likeness (QED) is 0.775. The summed E-state index contributed by atoms with van der Waals surface area (Å²) in [4.78, 5) is 11.5. The van der Waals surface area contributed by atoms with Crippen LogP contribution in [0.3, 0.4) is 0 Å². The minimum atomic E-state index is -0.512. The molecule has 1 amide bonds. The van der Waals surface area contributed by atoms with Gasteiger partial charge in [0.25, 0.3) is 0 Å². The van der Waals surface area contributed by atoms with Gasteiger partial charge in [0.15, 0.2) is 0 Å². The van der Waals surface area contributed by atoms with Crippen LogP contribution in [-0.2, 0) is 16.1 Å². The van der Waals surface area contributed by atoms with E-state index in [0.717, 1.165) is 5.56 Å². The second-order valence-corrected chi connectivity index (χ2v) is 5.58. The first kappa shape index (κ1) is 17.0. The fourth-order valence-electron chi connectivity index (χ4n) is 1.78. The van der Waals surface area contributed by atoms with Crippen molar-refractivity contribution in [3.05, 3.63) is 34.9 Å². The molecule has 0 aliphatic carbocycles. The number of aliphatic hydroxyl groups excluding tert-OH is 1. The van der Waals surface area contributed by atoms with Crippen LogP contribution >= 0.6 is 11.6 Å². The zero-order chi connectivity index (χ0) is 15.0. The van der Waals surface area contributed by atoms with Crippen LogP contribution in [0.25, 0.3) is 0 Å². The minimum absolute atomic E-state index is 0.0420. The van der Waals surface area contributed by atoms with Crippen molar-refractivity contribution in [3.63, 3.8) is 0 Å². The summed E-state index contributed by atoms with van der Waals surface area (Å²) >= 11 is 5.98. The second kappa shape index (κ2) is 8.95. The van der Waals surface area contributed by atoms with Crippen LogP contribution in [0.15, 0.2) is 24.3 Å². The van der Waals surface area contributed by atoms with E-state index in [9.17, 15) is 9.90 Å². The number of hydrogen-bond acceptors (Lipinski definition) is 3. The van der Waals surface area contributed by atoms with Crippen molar-refractivity contribution in [2.75, 3.05) is 13.2 Å². The number of carbonyl (C=O) groups is 1. The molecule has 0 fully saturated rings. The fraction of sp³-hybridized carbons (Fsp3) is 0.533. The molecular formula is C15H22ClNO3. The molecular weight excluding hydrogens is 278 g/mol. The Kier molecular flexibility index (Phi) is 7.59. The van der Waals surface area contributed by atoms with Gasteiger partial charge in [-0.1, -0.05) is 43.6 Å². The van der Waals surface area contributed by atoms with Crippen LogP contribution < -0.4 is 5.32 Å². The highest BCUT2D eigenvalue weighted by atomic mass is 35.5. The first-order chi connectivity index (χ1) is 9.49. The van der Waals surface area contributed by atoms with Crippen LogP contribution in [0.2, 0.25) is 5.02 Å². The Morgan fingerprint density at radius 2 is 2.10 bits per heavy atom. The first-order valence-electron chi connectivity index (χ1n) is 6.75. The summed E-state index contributed by atoms with van der Waals surface area (Å²) in [7, 11) is 0. The van der Waals surface area contributed by atoms with Crippen LogP contribution in [-0.4, -0.2) is 30.3 Å². The first-order valence-corrected chi connectivity index (χ1v) is 7.12. The largest absolute Gasteiger partial charge is 0.391 e. The summed E-state index contributed by atoms with van der Waals surface area (Å²) in [6.45, 7) is 4.56. The SMILES string of the molecule is CC(C)CC(O)CNC(=O)COCc1ccccc1Cl. The molecule has 1 atom stereocenters. The molecule has 1 aromatic rings. The fourth-order valence-corrected chi connectivity index (χ4v) is 1.97. The number of aliphatic hydroxyl groups is 1. The standard InChI is InChI=1S/C15H22ClNO3/c1-11(2)7-13(18)8-17-15(19)10-20-9-12-5-3-4-6-14(12)16/h3-6,11,13,18H,7-10H2,1-2H3,(H,17,19). The topological polar surface area (TPSA) is 58.6 Å². The lowest BCUT2D eigenvalue weighted by molar-refractivity contribution is -0.126. The van der Waals surface area contributed by atoms with Crippen molar-refractivity contribution in [1.29, 1.82) is 0 Å². The Morgan fingerprint density at radius 1 is 1.40 bits per heavy atom. The second-order valence-electron chi connectivity index (χ2n) is 5.17. The Bertz CT molecular complexity index is 423. The number of amides is 1. The Hall–Kier alpha value is -1.10. The summed E-state index contributed by atoms with van der Waals surface area (Å²) in [5.74, 6) is 0.165. The molecule has 0 radical (unpaired) electrons. The summed E-state index contributed by atoms with van der Waals surface area (Å²) in [6, 6.07) is 7.34. The molecule has 5 heteroatoms. The van der Waals surface area contributed by atoms with E-state index in [1.807, 2.05) is 32.0 Å². The van der Waals surface area contributed by atoms with Gasteiger partial charge in [-0.15, -0.1) is 0 Å². The summed E-state index contributed by atoms with van der Waals surface area (Å²) in [5, 5.41) is 12.9. The van der Waals surface area contributed by atoms with Crippen molar-refractivity contribution >= 4 is 17.5 Å². The van der Waals surface area contributed by atoms with E-state index >= 15 is 0 Å². The van der Waals surface area contributed by atoms with E-state index in [-0.39, 0.29) is 19.1 Å². The van der Waals surface area contributed by atoms with Gasteiger partial charge in [0, 0.05) is 11.6 Å². The maximum Gasteiger partial charge on any atom is 0.246 e. The number of halogens is 1. The number of nitrogens with one attached hydrogen (secondary N) is 1. The van der Waals surface area contributed by atoms with Gasteiger partial charge in [0.1, 0.15) is 6.61 Å². The Morgan fingerprint density at radius 3 is 2.75 bits per heavy atom. The highest BCUT2D eigenvalue weighted by Gasteiger charge is 2.09. The lowest BCUT2D eigenvalue weighted by atomic mass is 10.1. The van der Waals surface area contributed by atoms with E-state index in [0.29, 0.717) is 24.0 Å². The minimum Gasteiger partial charge on any atom is -0.391 e. The molecule has 0 saturated heterocycles. The van der Waals surface area contributed by atoms with E-state index in [4.69, 9.17) is 16.3 Å². The molecule has 0 saturated carbocycles. The van der Waals surface area contributed by atoms with E-state index < -0.39 is 6.10 Å². The Labute approximate surface area is 125 Å². The van der Waals surface area contributed by atoms with Crippen LogP contribution in [0.4, 0.5) is 0 Å². The van der Waals surface area contributed by atoms with Gasteiger partial charge < -0.3 is 15.2 Å². The monoisotopic (exact) mass is 299 g/mol. The molecule has 0 spiro atoms. The summed E-state index contributed by atoms with van der Waals surface area (Å²) in [6.07, 6.45) is 0.156. The van der Waals surface area contributed by atoms with Gasteiger partial charge in [0.2, 0.25) is 5.91 Å². The molecule has 0 aromatic heterocycles. The lowest BCUT2D eigenvalue weighted by Crippen LogP contribution is -2.35. The molecule has 112 valence electrons. The molecule has 0 aliphatic rings. The summed E-state index contributed by atoms with van der Waals surface area (Å²) in [5.41, 5.74) is 0.849. The maximum atomic E-state index is 11.5. The van der Waals surface area contributed by atoms with E-state index in [2.05, 4.69) is 5.32 Å². The van der Waals surface area contributed by atoms with Crippen molar-refractivity contribution in [2.45, 2.75) is 33.0 Å². The number of carbonyl (C=O) groups excluding carboxylic acids is 1. The van der Waals surface area contributed by atoms with Gasteiger partial charge in [0.05, 0.1) is 12.7 Å². The normalized spacial score (nSPS) is 12.4. The molecule has 1 unspecified atom stereocenters. The Balaban J connectivity index is 2.19. The third-order valence-corrected chi connectivity index (χ3v) is 3.10. The van der Waals surface area contributed by atoms with E-state index in [1.54, 1.807) is 6.07 Å². The molecule has 2 N–H and O–H groups in total. The molecule has 1 aromatic carbocycles. The maximum absolute atomic E-state index is 11.5. The van der Waals surface area contributed by atoms with Crippen LogP contribution in [0.1, 0.15) is 25.8 Å². The van der Waals surface area contributed by atoms with Crippen molar-refractivity contribution in [2.24, 2.45) is 5.92 Å². The number of benzene rings is 1. The number of rotatable bonds is 8. The predicted molar refractivity (Wildman–Crippen MR) is 79.6 cm³/mol. The third-order valence-electron chi connectivity index (χ3n) is 2.73. The average molecular weight is 300 g/mol. The third kappa shape index (κ3) is 6.89. The van der Waals surface area contributed by atoms with Gasteiger partial charge in [-0.25, -0.2) is 0 Å². The predicted octanol–water partition coefficient (Wildman–Crippen LogP) is 2.38. The molecule has 1 rings (SSSR count). The van der Waals surface area contributed by atoms with Crippen LogP contribution in [0, 0.1) is 5.92 Å². The van der Waals surface area contributed by atoms with Crippen LogP contribution in [0.5, 0.6) is 0 Å². The molecule has 4 nitrogen and oxygen atoms in total. The lowest BCUT2D eigenvalue weighted by Gasteiger charge is -2.14. The summed E-state index contributed by atoms with van der Waals surface area (Å²) < 4.78 is 5.30. The van der Waals surface area contributed by atoms with Gasteiger partial charge in [-0.05, 0) is 24.0 Å². The average Bonchev–Trinajstić information content (AvgIpc) is 2.38. The molecule has 0 bridgehead atoms. The zero-order valence-corrected chi connectivity index (χ0v) is 12.7. The van der Waals surface area contributed by atoms with Crippen molar-refractivity contribution in [3.8, 4) is 0 Å².